The van der Waals surface area contributed by atoms with E-state index in [1.807, 2.05) is 0 Å². The van der Waals surface area contributed by atoms with Gasteiger partial charge < -0.3 is 16.2 Å². The molecule has 1 heterocycles. The number of hydrogen-bond acceptors (Lipinski definition) is 4. The summed E-state index contributed by atoms with van der Waals surface area (Å²) in [5.74, 6) is 11.8. The second-order valence-corrected chi connectivity index (χ2v) is 3.67. The number of piperidine rings is 1. The molecule has 0 unspecified atom stereocenters. The minimum atomic E-state index is 0.676. The second-order valence-electron chi connectivity index (χ2n) is 3.67. The van der Waals surface area contributed by atoms with Gasteiger partial charge in [0.1, 0.15) is 5.84 Å². The number of hydrazine groups is 1. The standard InChI is InChI=1S/C8H19N5/c1-13-4-2-7(3-5-13)6-8(11-9)12-10/h7H,2-6,9-10H2,1H3,(H,11,12). The van der Waals surface area contributed by atoms with E-state index in [0.717, 1.165) is 19.5 Å². The van der Waals surface area contributed by atoms with Crippen LogP contribution in [0.5, 0.6) is 0 Å². The van der Waals surface area contributed by atoms with Crippen LogP contribution in [0.3, 0.4) is 0 Å². The van der Waals surface area contributed by atoms with Gasteiger partial charge in [0.2, 0.25) is 0 Å². The third kappa shape index (κ3) is 3.20. The first-order valence-corrected chi connectivity index (χ1v) is 4.68. The van der Waals surface area contributed by atoms with Crippen LogP contribution in [0.4, 0.5) is 0 Å². The minimum absolute atomic E-state index is 0.676. The molecule has 0 atom stereocenters. The lowest BCUT2D eigenvalue weighted by Crippen LogP contribution is -2.36. The Balaban J connectivity index is 2.29. The number of amidine groups is 1. The molecule has 1 saturated heterocycles. The first-order valence-electron chi connectivity index (χ1n) is 4.68. The third-order valence-electron chi connectivity index (χ3n) is 2.64. The summed E-state index contributed by atoms with van der Waals surface area (Å²) in [7, 11) is 2.15. The van der Waals surface area contributed by atoms with Gasteiger partial charge in [-0.15, -0.1) is 0 Å². The Hall–Kier alpha value is -0.810. The van der Waals surface area contributed by atoms with Crippen molar-refractivity contribution in [3.63, 3.8) is 0 Å². The average Bonchev–Trinajstić information content (AvgIpc) is 2.17. The summed E-state index contributed by atoms with van der Waals surface area (Å²) in [6.07, 6.45) is 3.29. The molecule has 0 aliphatic carbocycles. The van der Waals surface area contributed by atoms with Crippen LogP contribution >= 0.6 is 0 Å². The van der Waals surface area contributed by atoms with Crippen molar-refractivity contribution in [3.8, 4) is 0 Å². The SMILES string of the molecule is CN1CCC(C/C(=N/N)NN)CC1. The van der Waals surface area contributed by atoms with Crippen LogP contribution in [0, 0.1) is 5.92 Å². The monoisotopic (exact) mass is 185 g/mol. The van der Waals surface area contributed by atoms with E-state index >= 15 is 0 Å². The van der Waals surface area contributed by atoms with Gasteiger partial charge in [-0.3, -0.25) is 0 Å². The normalized spacial score (nSPS) is 21.8. The molecule has 5 heteroatoms. The van der Waals surface area contributed by atoms with Crippen LogP contribution in [0.2, 0.25) is 0 Å². The summed E-state index contributed by atoms with van der Waals surface area (Å²) in [4.78, 5) is 2.34. The largest absolute Gasteiger partial charge is 0.322 e. The van der Waals surface area contributed by atoms with Crippen LogP contribution in [0.1, 0.15) is 19.3 Å². The quantitative estimate of drug-likeness (QED) is 0.233. The van der Waals surface area contributed by atoms with Crippen molar-refractivity contribution in [2.75, 3.05) is 20.1 Å². The van der Waals surface area contributed by atoms with E-state index in [1.54, 1.807) is 0 Å². The number of hydrazone groups is 1. The molecule has 0 aromatic carbocycles. The molecular weight excluding hydrogens is 166 g/mol. The van der Waals surface area contributed by atoms with Crippen LogP contribution in [-0.4, -0.2) is 30.9 Å². The highest BCUT2D eigenvalue weighted by Gasteiger charge is 2.17. The van der Waals surface area contributed by atoms with Gasteiger partial charge in [-0.25, -0.2) is 5.84 Å². The van der Waals surface area contributed by atoms with Crippen LogP contribution in [-0.2, 0) is 0 Å². The number of nitrogens with one attached hydrogen (secondary N) is 1. The predicted molar refractivity (Wildman–Crippen MR) is 53.8 cm³/mol. The Morgan fingerprint density at radius 3 is 2.62 bits per heavy atom. The molecule has 1 aliphatic heterocycles. The average molecular weight is 185 g/mol. The fourth-order valence-electron chi connectivity index (χ4n) is 1.69. The smallest absolute Gasteiger partial charge is 0.136 e. The van der Waals surface area contributed by atoms with Gasteiger partial charge in [-0.1, -0.05) is 0 Å². The highest BCUT2D eigenvalue weighted by Crippen LogP contribution is 2.19. The van der Waals surface area contributed by atoms with Crippen molar-refractivity contribution in [3.05, 3.63) is 0 Å². The van der Waals surface area contributed by atoms with Crippen LogP contribution in [0.15, 0.2) is 5.10 Å². The zero-order valence-electron chi connectivity index (χ0n) is 8.16. The molecule has 0 radical (unpaired) electrons. The first-order chi connectivity index (χ1) is 6.26. The number of likely N-dealkylation sites (tertiary alicyclic amines) is 1. The molecule has 1 aliphatic rings. The molecule has 0 aromatic rings. The molecule has 0 amide bonds. The van der Waals surface area contributed by atoms with Gasteiger partial charge in [0, 0.05) is 6.42 Å². The fraction of sp³-hybridized carbons (Fsp3) is 0.875. The number of nitrogens with zero attached hydrogens (tertiary/aromatic N) is 2. The van der Waals surface area contributed by atoms with E-state index < -0.39 is 0 Å². The van der Waals surface area contributed by atoms with Gasteiger partial charge in [0.05, 0.1) is 0 Å². The lowest BCUT2D eigenvalue weighted by molar-refractivity contribution is 0.223. The van der Waals surface area contributed by atoms with Gasteiger partial charge in [0.25, 0.3) is 0 Å². The molecule has 0 aromatic heterocycles. The Morgan fingerprint density at radius 1 is 1.54 bits per heavy atom. The van der Waals surface area contributed by atoms with E-state index in [0.29, 0.717) is 11.8 Å². The summed E-state index contributed by atoms with van der Waals surface area (Å²) in [5, 5.41) is 3.59. The lowest BCUT2D eigenvalue weighted by Gasteiger charge is -2.28. The predicted octanol–water partition coefficient (Wildman–Crippen LogP) is -0.546. The van der Waals surface area contributed by atoms with E-state index in [9.17, 15) is 0 Å². The van der Waals surface area contributed by atoms with Crippen molar-refractivity contribution in [1.82, 2.24) is 10.3 Å². The summed E-state index contributed by atoms with van der Waals surface area (Å²) in [5.41, 5.74) is 2.52. The van der Waals surface area contributed by atoms with Gasteiger partial charge >= 0.3 is 0 Å². The van der Waals surface area contributed by atoms with Crippen molar-refractivity contribution < 1.29 is 0 Å². The van der Waals surface area contributed by atoms with Crippen molar-refractivity contribution in [2.45, 2.75) is 19.3 Å². The lowest BCUT2D eigenvalue weighted by atomic mass is 9.93. The molecule has 5 N–H and O–H groups in total. The van der Waals surface area contributed by atoms with Gasteiger partial charge in [0.15, 0.2) is 0 Å². The number of nitrogens with two attached hydrogens (primary N) is 2. The molecular formula is C8H19N5. The second kappa shape index (κ2) is 5.04. The van der Waals surface area contributed by atoms with Crippen LogP contribution < -0.4 is 17.1 Å². The van der Waals surface area contributed by atoms with E-state index in [-0.39, 0.29) is 0 Å². The maximum Gasteiger partial charge on any atom is 0.136 e. The topological polar surface area (TPSA) is 79.7 Å². The Kier molecular flexibility index (Phi) is 3.98. The molecule has 0 bridgehead atoms. The summed E-state index contributed by atoms with van der Waals surface area (Å²) >= 11 is 0. The van der Waals surface area contributed by atoms with Crippen molar-refractivity contribution in [1.29, 1.82) is 0 Å². The zero-order valence-corrected chi connectivity index (χ0v) is 8.16. The third-order valence-corrected chi connectivity index (χ3v) is 2.64. The maximum absolute atomic E-state index is 5.26. The molecule has 13 heavy (non-hydrogen) atoms. The van der Waals surface area contributed by atoms with Crippen LogP contribution in [0.25, 0.3) is 0 Å². The molecule has 5 nitrogen and oxygen atoms in total. The molecule has 0 saturated carbocycles. The first kappa shape index (κ1) is 10.3. The van der Waals surface area contributed by atoms with E-state index in [4.69, 9.17) is 11.7 Å². The van der Waals surface area contributed by atoms with E-state index in [2.05, 4.69) is 22.5 Å². The summed E-state index contributed by atoms with van der Waals surface area (Å²) in [6.45, 7) is 2.32. The maximum atomic E-state index is 5.26. The molecule has 76 valence electrons. The Bertz CT molecular complexity index is 171. The molecule has 0 spiro atoms. The van der Waals surface area contributed by atoms with Crippen molar-refractivity contribution in [2.24, 2.45) is 22.7 Å². The van der Waals surface area contributed by atoms with Gasteiger partial charge in [-0.05, 0) is 38.9 Å². The summed E-state index contributed by atoms with van der Waals surface area (Å²) < 4.78 is 0. The highest BCUT2D eigenvalue weighted by atomic mass is 15.3. The fourth-order valence-corrected chi connectivity index (χ4v) is 1.69. The number of rotatable bonds is 2. The molecule has 1 rings (SSSR count). The van der Waals surface area contributed by atoms with Crippen molar-refractivity contribution >= 4 is 5.84 Å². The Labute approximate surface area is 79.1 Å². The van der Waals surface area contributed by atoms with Gasteiger partial charge in [-0.2, -0.15) is 5.10 Å². The Morgan fingerprint density at radius 2 is 2.15 bits per heavy atom. The zero-order chi connectivity index (χ0) is 9.68. The minimum Gasteiger partial charge on any atom is -0.322 e. The summed E-state index contributed by atoms with van der Waals surface area (Å²) in [6, 6.07) is 0. The van der Waals surface area contributed by atoms with E-state index in [1.165, 1.54) is 12.8 Å². The highest BCUT2D eigenvalue weighted by molar-refractivity contribution is 5.81. The molecule has 1 fully saturated rings. The number of hydrogen-bond donors (Lipinski definition) is 3.